The summed E-state index contributed by atoms with van der Waals surface area (Å²) < 4.78 is 2.17. The Balaban J connectivity index is 1.96. The largest absolute Gasteiger partial charge is 0.357 e. The molecule has 0 amide bonds. The molecule has 0 saturated heterocycles. The van der Waals surface area contributed by atoms with Crippen molar-refractivity contribution in [2.75, 3.05) is 29.9 Å². The fraction of sp³-hybridized carbons (Fsp3) is 0.520. The second-order valence-corrected chi connectivity index (χ2v) is 9.18. The monoisotopic (exact) mass is 422 g/mol. The van der Waals surface area contributed by atoms with Gasteiger partial charge in [-0.05, 0) is 61.1 Å². The van der Waals surface area contributed by atoms with Gasteiger partial charge < -0.3 is 16.0 Å². The second-order valence-electron chi connectivity index (χ2n) is 9.18. The van der Waals surface area contributed by atoms with Crippen LogP contribution in [0.15, 0.2) is 36.4 Å². The molecule has 0 atom stereocenters. The third-order valence-corrected chi connectivity index (χ3v) is 5.48. The molecule has 0 bridgehead atoms. The number of aryl methyl sites for hydroxylation is 1. The predicted molar refractivity (Wildman–Crippen MR) is 132 cm³/mol. The summed E-state index contributed by atoms with van der Waals surface area (Å²) >= 11 is 0. The van der Waals surface area contributed by atoms with Crippen LogP contribution < -0.4 is 16.0 Å². The smallest absolute Gasteiger partial charge is 0.209 e. The maximum Gasteiger partial charge on any atom is 0.209 e. The van der Waals surface area contributed by atoms with E-state index in [-0.39, 0.29) is 5.41 Å². The molecule has 2 aromatic heterocycles. The molecule has 0 aliphatic heterocycles. The number of nitrogens with zero attached hydrogens (tertiary/aromatic N) is 4. The van der Waals surface area contributed by atoms with E-state index in [0.29, 0.717) is 6.54 Å². The van der Waals surface area contributed by atoms with Gasteiger partial charge in [0.05, 0.1) is 0 Å². The topological polar surface area (TPSA) is 72.0 Å². The molecule has 3 rings (SSSR count). The zero-order valence-electron chi connectivity index (χ0n) is 19.8. The normalized spacial score (nSPS) is 11.8. The van der Waals surface area contributed by atoms with Gasteiger partial charge in [-0.2, -0.15) is 0 Å². The van der Waals surface area contributed by atoms with Crippen molar-refractivity contribution in [2.45, 2.75) is 65.8 Å². The fourth-order valence-corrected chi connectivity index (χ4v) is 3.79. The van der Waals surface area contributed by atoms with Gasteiger partial charge in [0.25, 0.3) is 0 Å². The predicted octanol–water partition coefficient (Wildman–Crippen LogP) is 5.45. The van der Waals surface area contributed by atoms with E-state index in [2.05, 4.69) is 85.8 Å². The van der Waals surface area contributed by atoms with Crippen LogP contribution in [0.1, 0.15) is 59.4 Å². The van der Waals surface area contributed by atoms with Gasteiger partial charge >= 0.3 is 0 Å². The van der Waals surface area contributed by atoms with Crippen LogP contribution in [0.3, 0.4) is 0 Å². The van der Waals surface area contributed by atoms with Crippen molar-refractivity contribution in [1.29, 1.82) is 0 Å². The number of anilines is 3. The number of fused-ring (bicyclic) bond motifs is 1. The minimum absolute atomic E-state index is 0.135. The average Bonchev–Trinajstić information content (AvgIpc) is 3.08. The number of nitrogens with one attached hydrogen (secondary N) is 1. The number of benzene rings is 1. The van der Waals surface area contributed by atoms with Gasteiger partial charge in [0.2, 0.25) is 5.95 Å². The molecule has 0 aliphatic rings. The molecule has 0 fully saturated rings. The Hall–Kier alpha value is -2.60. The average molecular weight is 423 g/mol. The molecule has 31 heavy (non-hydrogen) atoms. The molecular weight excluding hydrogens is 384 g/mol. The first-order chi connectivity index (χ1) is 14.9. The molecular formula is C25H38N6. The van der Waals surface area contributed by atoms with Gasteiger partial charge in [0.1, 0.15) is 11.3 Å². The number of hydrogen-bond acceptors (Lipinski definition) is 5. The van der Waals surface area contributed by atoms with Gasteiger partial charge in [-0.25, -0.2) is 9.97 Å². The quantitative estimate of drug-likeness (QED) is 0.455. The maximum atomic E-state index is 5.82. The highest BCUT2D eigenvalue weighted by molar-refractivity contribution is 5.78. The summed E-state index contributed by atoms with van der Waals surface area (Å²) in [5.41, 5.74) is 10.1. The van der Waals surface area contributed by atoms with Gasteiger partial charge in [0, 0.05) is 25.3 Å². The van der Waals surface area contributed by atoms with Crippen molar-refractivity contribution in [1.82, 2.24) is 14.5 Å². The molecule has 168 valence electrons. The van der Waals surface area contributed by atoms with Gasteiger partial charge in [-0.3, -0.25) is 4.57 Å². The van der Waals surface area contributed by atoms with E-state index in [1.54, 1.807) is 0 Å². The van der Waals surface area contributed by atoms with E-state index in [0.717, 1.165) is 67.5 Å². The van der Waals surface area contributed by atoms with Gasteiger partial charge in [-0.1, -0.05) is 46.8 Å². The van der Waals surface area contributed by atoms with Crippen molar-refractivity contribution >= 4 is 28.6 Å². The molecule has 1 aromatic carbocycles. The third-order valence-electron chi connectivity index (χ3n) is 5.48. The first-order valence-corrected chi connectivity index (χ1v) is 11.6. The number of aromatic nitrogens is 3. The Morgan fingerprint density at radius 2 is 1.65 bits per heavy atom. The molecule has 0 aliphatic carbocycles. The van der Waals surface area contributed by atoms with Crippen molar-refractivity contribution in [2.24, 2.45) is 5.73 Å². The Kier molecular flexibility index (Phi) is 7.55. The summed E-state index contributed by atoms with van der Waals surface area (Å²) in [6, 6.07) is 12.8. The highest BCUT2D eigenvalue weighted by atomic mass is 15.3. The Morgan fingerprint density at radius 3 is 2.23 bits per heavy atom. The van der Waals surface area contributed by atoms with E-state index in [4.69, 9.17) is 15.7 Å². The van der Waals surface area contributed by atoms with Crippen LogP contribution in [0.25, 0.3) is 11.2 Å². The first-order valence-electron chi connectivity index (χ1n) is 11.6. The molecule has 0 saturated carbocycles. The Bertz CT molecular complexity index is 962. The third kappa shape index (κ3) is 5.56. The highest BCUT2D eigenvalue weighted by Crippen LogP contribution is 2.27. The SMILES string of the molecule is CCCN(CCC)c1ccc2nc(Nc3ccc(C(C)(C)C)cc3)n(CCCN)c2n1. The lowest BCUT2D eigenvalue weighted by Crippen LogP contribution is -2.25. The fourth-order valence-electron chi connectivity index (χ4n) is 3.79. The van der Waals surface area contributed by atoms with Crippen molar-refractivity contribution in [3.8, 4) is 0 Å². The molecule has 0 spiro atoms. The summed E-state index contributed by atoms with van der Waals surface area (Å²) in [6.45, 7) is 14.5. The maximum absolute atomic E-state index is 5.82. The summed E-state index contributed by atoms with van der Waals surface area (Å²) in [6.07, 6.45) is 3.08. The molecule has 0 unspecified atom stereocenters. The summed E-state index contributed by atoms with van der Waals surface area (Å²) in [7, 11) is 0. The van der Waals surface area contributed by atoms with Crippen molar-refractivity contribution in [3.05, 3.63) is 42.0 Å². The molecule has 6 heteroatoms. The molecule has 0 radical (unpaired) electrons. The van der Waals surface area contributed by atoms with E-state index in [1.807, 2.05) is 0 Å². The van der Waals surface area contributed by atoms with Crippen LogP contribution in [0.4, 0.5) is 17.5 Å². The lowest BCUT2D eigenvalue weighted by Gasteiger charge is -2.22. The zero-order valence-corrected chi connectivity index (χ0v) is 19.8. The number of hydrogen-bond donors (Lipinski definition) is 2. The van der Waals surface area contributed by atoms with Crippen molar-refractivity contribution < 1.29 is 0 Å². The Morgan fingerprint density at radius 1 is 0.968 bits per heavy atom. The molecule has 3 N–H and O–H groups in total. The summed E-state index contributed by atoms with van der Waals surface area (Å²) in [4.78, 5) is 12.2. The van der Waals surface area contributed by atoms with Crippen LogP contribution in [-0.4, -0.2) is 34.2 Å². The second kappa shape index (κ2) is 10.1. The van der Waals surface area contributed by atoms with E-state index in [1.165, 1.54) is 5.56 Å². The van der Waals surface area contributed by atoms with Crippen LogP contribution in [0.2, 0.25) is 0 Å². The summed E-state index contributed by atoms with van der Waals surface area (Å²) in [5.74, 6) is 1.83. The molecule has 2 heterocycles. The van der Waals surface area contributed by atoms with Gasteiger partial charge in [0.15, 0.2) is 5.65 Å². The van der Waals surface area contributed by atoms with Crippen molar-refractivity contribution in [3.63, 3.8) is 0 Å². The van der Waals surface area contributed by atoms with Crippen LogP contribution >= 0.6 is 0 Å². The molecule has 3 aromatic rings. The Labute approximate surface area is 186 Å². The number of imidazole rings is 1. The standard InChI is InChI=1S/C25H38N6/c1-6-16-30(17-7-2)22-14-13-21-23(29-22)31(18-8-15-26)24(28-21)27-20-11-9-19(10-12-20)25(3,4)5/h9-14H,6-8,15-18,26H2,1-5H3,(H,27,28). The zero-order chi connectivity index (χ0) is 22.4. The highest BCUT2D eigenvalue weighted by Gasteiger charge is 2.16. The lowest BCUT2D eigenvalue weighted by atomic mass is 9.87. The molecule has 6 nitrogen and oxygen atoms in total. The minimum atomic E-state index is 0.135. The number of nitrogens with two attached hydrogens (primary N) is 1. The number of pyridine rings is 1. The van der Waals surface area contributed by atoms with E-state index < -0.39 is 0 Å². The van der Waals surface area contributed by atoms with Crippen LogP contribution in [-0.2, 0) is 12.0 Å². The van der Waals surface area contributed by atoms with E-state index in [9.17, 15) is 0 Å². The van der Waals surface area contributed by atoms with Crippen LogP contribution in [0, 0.1) is 0 Å². The van der Waals surface area contributed by atoms with E-state index >= 15 is 0 Å². The first kappa shape index (κ1) is 23.1. The van der Waals surface area contributed by atoms with Gasteiger partial charge in [-0.15, -0.1) is 0 Å². The van der Waals surface area contributed by atoms with Crippen LogP contribution in [0.5, 0.6) is 0 Å². The summed E-state index contributed by atoms with van der Waals surface area (Å²) in [5, 5.41) is 3.51. The lowest BCUT2D eigenvalue weighted by molar-refractivity contribution is 0.590. The minimum Gasteiger partial charge on any atom is -0.357 e. The number of rotatable bonds is 10.